The third kappa shape index (κ3) is 3.97. The van der Waals surface area contributed by atoms with Crippen molar-refractivity contribution in [1.29, 1.82) is 0 Å². The zero-order chi connectivity index (χ0) is 18.5. The van der Waals surface area contributed by atoms with Gasteiger partial charge in [-0.15, -0.1) is 0 Å². The first-order chi connectivity index (χ1) is 12.6. The summed E-state index contributed by atoms with van der Waals surface area (Å²) in [6.07, 6.45) is 0. The number of nitrogens with zero attached hydrogens (tertiary/aromatic N) is 1. The average molecular weight is 374 g/mol. The largest absolute Gasteiger partial charge is 0.493 e. The fourth-order valence-corrected chi connectivity index (χ4v) is 2.53. The molecule has 0 amide bonds. The van der Waals surface area contributed by atoms with Gasteiger partial charge in [-0.25, -0.2) is 4.79 Å². The molecule has 0 fully saturated rings. The summed E-state index contributed by atoms with van der Waals surface area (Å²) in [5, 5.41) is 4.39. The molecule has 26 heavy (non-hydrogen) atoms. The van der Waals surface area contributed by atoms with Gasteiger partial charge in [0.2, 0.25) is 0 Å². The van der Waals surface area contributed by atoms with E-state index in [-0.39, 0.29) is 6.61 Å². The minimum Gasteiger partial charge on any atom is -0.493 e. The molecule has 0 saturated heterocycles. The zero-order valence-electron chi connectivity index (χ0n) is 14.2. The van der Waals surface area contributed by atoms with Crippen molar-refractivity contribution in [2.24, 2.45) is 0 Å². The average Bonchev–Trinajstić information content (AvgIpc) is 3.14. The summed E-state index contributed by atoms with van der Waals surface area (Å²) in [7, 11) is 3.13. The Morgan fingerprint density at radius 1 is 1.08 bits per heavy atom. The second-order valence-electron chi connectivity index (χ2n) is 5.34. The Hall–Kier alpha value is -2.99. The Bertz CT molecular complexity index is 922. The summed E-state index contributed by atoms with van der Waals surface area (Å²) in [6, 6.07) is 13.6. The van der Waals surface area contributed by atoms with E-state index in [4.69, 9.17) is 30.3 Å². The Balaban J connectivity index is 1.69. The quantitative estimate of drug-likeness (QED) is 0.597. The fraction of sp³-hybridized carbons (Fsp3) is 0.158. The number of halogens is 1. The first-order valence-electron chi connectivity index (χ1n) is 7.71. The van der Waals surface area contributed by atoms with Crippen LogP contribution >= 0.6 is 11.6 Å². The molecule has 3 rings (SSSR count). The number of benzene rings is 2. The maximum Gasteiger partial charge on any atom is 0.338 e. The van der Waals surface area contributed by atoms with Gasteiger partial charge < -0.3 is 18.7 Å². The summed E-state index contributed by atoms with van der Waals surface area (Å²) >= 11 is 5.87. The summed E-state index contributed by atoms with van der Waals surface area (Å²) < 4.78 is 21.0. The molecule has 6 nitrogen and oxygen atoms in total. The van der Waals surface area contributed by atoms with Gasteiger partial charge in [0.05, 0.1) is 19.8 Å². The number of carbonyl (C=O) groups is 1. The lowest BCUT2D eigenvalue weighted by atomic mass is 10.1. The molecule has 1 aromatic heterocycles. The standard InChI is InChI=1S/C19H16ClNO5/c1-23-16-7-6-12(9-18(16)24-2)17-10-15(21-26-17)11-25-19(22)13-4-3-5-14(20)8-13/h3-10H,11H2,1-2H3. The molecule has 1 heterocycles. The van der Waals surface area contributed by atoms with Crippen LogP contribution in [0.25, 0.3) is 11.3 Å². The van der Waals surface area contributed by atoms with Crippen molar-refractivity contribution in [1.82, 2.24) is 5.16 Å². The van der Waals surface area contributed by atoms with Crippen LogP contribution in [-0.4, -0.2) is 25.3 Å². The van der Waals surface area contributed by atoms with Crippen LogP contribution in [0.15, 0.2) is 53.1 Å². The van der Waals surface area contributed by atoms with Crippen LogP contribution in [0.1, 0.15) is 16.1 Å². The highest BCUT2D eigenvalue weighted by Gasteiger charge is 2.13. The van der Waals surface area contributed by atoms with E-state index in [1.54, 1.807) is 56.7 Å². The summed E-state index contributed by atoms with van der Waals surface area (Å²) in [4.78, 5) is 12.0. The van der Waals surface area contributed by atoms with Crippen molar-refractivity contribution in [2.75, 3.05) is 14.2 Å². The van der Waals surface area contributed by atoms with E-state index in [0.717, 1.165) is 5.56 Å². The predicted molar refractivity (Wildman–Crippen MR) is 95.6 cm³/mol. The Kier molecular flexibility index (Phi) is 5.43. The highest BCUT2D eigenvalue weighted by Crippen LogP contribution is 2.32. The Morgan fingerprint density at radius 3 is 2.62 bits per heavy atom. The number of methoxy groups -OCH3 is 2. The van der Waals surface area contributed by atoms with Crippen LogP contribution in [0, 0.1) is 0 Å². The molecule has 0 bridgehead atoms. The second kappa shape index (κ2) is 7.93. The molecule has 3 aromatic rings. The van der Waals surface area contributed by atoms with Gasteiger partial charge in [0.1, 0.15) is 12.3 Å². The van der Waals surface area contributed by atoms with Gasteiger partial charge in [-0.1, -0.05) is 22.8 Å². The maximum absolute atomic E-state index is 12.0. The number of aromatic nitrogens is 1. The van der Waals surface area contributed by atoms with Crippen molar-refractivity contribution < 1.29 is 23.5 Å². The van der Waals surface area contributed by atoms with E-state index in [1.807, 2.05) is 6.07 Å². The van der Waals surface area contributed by atoms with E-state index >= 15 is 0 Å². The first-order valence-corrected chi connectivity index (χ1v) is 8.09. The molecule has 0 atom stereocenters. The number of hydrogen-bond acceptors (Lipinski definition) is 6. The molecule has 7 heteroatoms. The normalized spacial score (nSPS) is 10.4. The lowest BCUT2D eigenvalue weighted by Gasteiger charge is -2.07. The Labute approximate surface area is 155 Å². The first kappa shape index (κ1) is 17.8. The molecule has 0 aliphatic heterocycles. The van der Waals surface area contributed by atoms with Gasteiger partial charge in [0, 0.05) is 16.7 Å². The Morgan fingerprint density at radius 2 is 1.88 bits per heavy atom. The molecular formula is C19H16ClNO5. The molecule has 2 aromatic carbocycles. The van der Waals surface area contributed by atoms with Crippen molar-refractivity contribution in [3.63, 3.8) is 0 Å². The van der Waals surface area contributed by atoms with Crippen LogP contribution in [0.2, 0.25) is 5.02 Å². The maximum atomic E-state index is 12.0. The van der Waals surface area contributed by atoms with Gasteiger partial charge in [-0.2, -0.15) is 0 Å². The molecule has 134 valence electrons. The molecule has 0 aliphatic carbocycles. The molecule has 0 saturated carbocycles. The second-order valence-corrected chi connectivity index (χ2v) is 5.78. The van der Waals surface area contributed by atoms with Crippen LogP contribution in [0.5, 0.6) is 11.5 Å². The topological polar surface area (TPSA) is 70.8 Å². The monoisotopic (exact) mass is 373 g/mol. The van der Waals surface area contributed by atoms with Gasteiger partial charge in [-0.3, -0.25) is 0 Å². The highest BCUT2D eigenvalue weighted by molar-refractivity contribution is 6.30. The smallest absolute Gasteiger partial charge is 0.338 e. The lowest BCUT2D eigenvalue weighted by Crippen LogP contribution is -2.05. The minimum atomic E-state index is -0.483. The zero-order valence-corrected chi connectivity index (χ0v) is 14.9. The van der Waals surface area contributed by atoms with Crippen LogP contribution in [-0.2, 0) is 11.3 Å². The number of hydrogen-bond donors (Lipinski definition) is 0. The fourth-order valence-electron chi connectivity index (χ4n) is 2.34. The third-order valence-corrected chi connectivity index (χ3v) is 3.87. The van der Waals surface area contributed by atoms with E-state index in [1.165, 1.54) is 0 Å². The number of esters is 1. The molecule has 0 N–H and O–H groups in total. The third-order valence-electron chi connectivity index (χ3n) is 3.64. The number of ether oxygens (including phenoxy) is 3. The van der Waals surface area contributed by atoms with E-state index in [2.05, 4.69) is 5.16 Å². The predicted octanol–water partition coefficient (Wildman–Crippen LogP) is 4.37. The SMILES string of the molecule is COc1ccc(-c2cc(COC(=O)c3cccc(Cl)c3)no2)cc1OC. The molecule has 0 radical (unpaired) electrons. The minimum absolute atomic E-state index is 0.0118. The highest BCUT2D eigenvalue weighted by atomic mass is 35.5. The molecule has 0 unspecified atom stereocenters. The summed E-state index contributed by atoms with van der Waals surface area (Å²) in [6.45, 7) is -0.0118. The molecule has 0 spiro atoms. The van der Waals surface area contributed by atoms with Crippen molar-refractivity contribution >= 4 is 17.6 Å². The van der Waals surface area contributed by atoms with Gasteiger partial charge >= 0.3 is 5.97 Å². The molecule has 0 aliphatic rings. The molecular weight excluding hydrogens is 358 g/mol. The lowest BCUT2D eigenvalue weighted by molar-refractivity contribution is 0.0464. The van der Waals surface area contributed by atoms with E-state index < -0.39 is 5.97 Å². The van der Waals surface area contributed by atoms with Crippen LogP contribution in [0.4, 0.5) is 0 Å². The van der Waals surface area contributed by atoms with Crippen LogP contribution < -0.4 is 9.47 Å². The summed E-state index contributed by atoms with van der Waals surface area (Å²) in [5.41, 5.74) is 1.63. The van der Waals surface area contributed by atoms with Crippen molar-refractivity contribution in [3.05, 3.63) is 64.8 Å². The summed E-state index contributed by atoms with van der Waals surface area (Å²) in [5.74, 6) is 1.24. The van der Waals surface area contributed by atoms with E-state index in [0.29, 0.717) is 33.5 Å². The van der Waals surface area contributed by atoms with Crippen LogP contribution in [0.3, 0.4) is 0 Å². The number of carbonyl (C=O) groups excluding carboxylic acids is 1. The van der Waals surface area contributed by atoms with Gasteiger partial charge in [-0.05, 0) is 36.4 Å². The van der Waals surface area contributed by atoms with Crippen molar-refractivity contribution in [3.8, 4) is 22.8 Å². The number of rotatable bonds is 6. The van der Waals surface area contributed by atoms with E-state index in [9.17, 15) is 4.79 Å². The van der Waals surface area contributed by atoms with Gasteiger partial charge in [0.25, 0.3) is 0 Å². The van der Waals surface area contributed by atoms with Gasteiger partial charge in [0.15, 0.2) is 17.3 Å². The van der Waals surface area contributed by atoms with Crippen molar-refractivity contribution in [2.45, 2.75) is 6.61 Å².